The van der Waals surface area contributed by atoms with Crippen LogP contribution in [0.1, 0.15) is 26.3 Å². The highest BCUT2D eigenvalue weighted by Crippen LogP contribution is 2.24. The van der Waals surface area contributed by atoms with Crippen molar-refractivity contribution in [3.8, 4) is 11.1 Å². The number of benzene rings is 2. The highest BCUT2D eigenvalue weighted by Gasteiger charge is 2.25. The van der Waals surface area contributed by atoms with Gasteiger partial charge in [0.2, 0.25) is 0 Å². The Morgan fingerprint density at radius 2 is 1.64 bits per heavy atom. The number of nitrogens with one attached hydrogen (secondary N) is 1. The van der Waals surface area contributed by atoms with Gasteiger partial charge in [0, 0.05) is 6.42 Å². The lowest BCUT2D eigenvalue weighted by molar-refractivity contribution is -0.139. The number of hydrogen-bond acceptors (Lipinski definition) is 3. The molecule has 2 aromatic rings. The number of carboxylic acid groups (broad SMARTS) is 1. The minimum Gasteiger partial charge on any atom is -0.480 e. The number of carbonyl (C=O) groups excluding carboxylic acids is 1. The molecule has 0 heterocycles. The topological polar surface area (TPSA) is 75.6 Å². The standard InChI is InChI=1S/C20H23NO4/c1-20(2,3)25-19(24)21-17(18(22)23)13-15-11-7-8-12-16(15)14-9-5-4-6-10-14/h4-12,17H,13H2,1-3H3,(H,21,24)(H,22,23)/t17-/m0/s1. The number of ether oxygens (including phenoxy) is 1. The van der Waals surface area contributed by atoms with Crippen LogP contribution in [-0.2, 0) is 16.0 Å². The van der Waals surface area contributed by atoms with E-state index in [9.17, 15) is 14.7 Å². The van der Waals surface area contributed by atoms with Crippen molar-refractivity contribution in [2.75, 3.05) is 0 Å². The third kappa shape index (κ3) is 5.64. The second-order valence-electron chi connectivity index (χ2n) is 6.76. The largest absolute Gasteiger partial charge is 0.480 e. The van der Waals surface area contributed by atoms with Crippen LogP contribution in [0.25, 0.3) is 11.1 Å². The van der Waals surface area contributed by atoms with Crippen molar-refractivity contribution < 1.29 is 19.4 Å². The van der Waals surface area contributed by atoms with E-state index in [2.05, 4.69) is 5.32 Å². The summed E-state index contributed by atoms with van der Waals surface area (Å²) in [5.74, 6) is -1.10. The van der Waals surface area contributed by atoms with E-state index in [1.165, 1.54) is 0 Å². The molecule has 0 spiro atoms. The van der Waals surface area contributed by atoms with Crippen LogP contribution in [0.5, 0.6) is 0 Å². The van der Waals surface area contributed by atoms with Crippen LogP contribution in [0.4, 0.5) is 4.79 Å². The molecular weight excluding hydrogens is 318 g/mol. The molecule has 25 heavy (non-hydrogen) atoms. The zero-order valence-electron chi connectivity index (χ0n) is 14.7. The molecule has 132 valence electrons. The summed E-state index contributed by atoms with van der Waals surface area (Å²) in [5.41, 5.74) is 2.10. The molecule has 0 aromatic heterocycles. The number of carbonyl (C=O) groups is 2. The third-order valence-corrected chi connectivity index (χ3v) is 3.52. The van der Waals surface area contributed by atoms with E-state index in [0.29, 0.717) is 0 Å². The summed E-state index contributed by atoms with van der Waals surface area (Å²) < 4.78 is 5.16. The monoisotopic (exact) mass is 341 g/mol. The Morgan fingerprint density at radius 1 is 1.04 bits per heavy atom. The second kappa shape index (κ2) is 7.83. The number of aliphatic carboxylic acids is 1. The number of rotatable bonds is 5. The van der Waals surface area contributed by atoms with Gasteiger partial charge in [0.25, 0.3) is 0 Å². The van der Waals surface area contributed by atoms with E-state index in [-0.39, 0.29) is 6.42 Å². The molecule has 2 N–H and O–H groups in total. The maximum absolute atomic E-state index is 11.9. The summed E-state index contributed by atoms with van der Waals surface area (Å²) in [7, 11) is 0. The molecular formula is C20H23NO4. The molecule has 0 aliphatic heterocycles. The first-order valence-electron chi connectivity index (χ1n) is 8.12. The van der Waals surface area contributed by atoms with E-state index in [1.54, 1.807) is 20.8 Å². The van der Waals surface area contributed by atoms with Crippen LogP contribution in [0.15, 0.2) is 54.6 Å². The molecule has 1 atom stereocenters. The zero-order chi connectivity index (χ0) is 18.4. The van der Waals surface area contributed by atoms with Crippen LogP contribution in [-0.4, -0.2) is 28.8 Å². The summed E-state index contributed by atoms with van der Waals surface area (Å²) in [6.45, 7) is 5.19. The number of hydrogen-bond donors (Lipinski definition) is 2. The summed E-state index contributed by atoms with van der Waals surface area (Å²) in [4.78, 5) is 23.5. The predicted molar refractivity (Wildman–Crippen MR) is 96.4 cm³/mol. The van der Waals surface area contributed by atoms with Crippen molar-refractivity contribution >= 4 is 12.1 Å². The molecule has 0 saturated carbocycles. The summed E-state index contributed by atoms with van der Waals surface area (Å²) in [6, 6.07) is 16.2. The van der Waals surface area contributed by atoms with Gasteiger partial charge in [0.1, 0.15) is 11.6 Å². The highest BCUT2D eigenvalue weighted by atomic mass is 16.6. The summed E-state index contributed by atoms with van der Waals surface area (Å²) >= 11 is 0. The van der Waals surface area contributed by atoms with Gasteiger partial charge in [0.05, 0.1) is 0 Å². The van der Waals surface area contributed by atoms with E-state index >= 15 is 0 Å². The maximum Gasteiger partial charge on any atom is 0.408 e. The average molecular weight is 341 g/mol. The van der Waals surface area contributed by atoms with Gasteiger partial charge in [-0.3, -0.25) is 0 Å². The number of carboxylic acids is 1. The molecule has 0 fully saturated rings. The van der Waals surface area contributed by atoms with E-state index in [4.69, 9.17) is 4.74 Å². The lowest BCUT2D eigenvalue weighted by Crippen LogP contribution is -2.44. The fraction of sp³-hybridized carbons (Fsp3) is 0.300. The van der Waals surface area contributed by atoms with E-state index < -0.39 is 23.7 Å². The van der Waals surface area contributed by atoms with Crippen LogP contribution in [0, 0.1) is 0 Å². The Hall–Kier alpha value is -2.82. The van der Waals surface area contributed by atoms with Crippen LogP contribution < -0.4 is 5.32 Å². The first kappa shape index (κ1) is 18.5. The SMILES string of the molecule is CC(C)(C)OC(=O)N[C@@H](Cc1ccccc1-c1ccccc1)C(=O)O. The number of amides is 1. The molecule has 0 aliphatic carbocycles. The molecule has 0 saturated heterocycles. The first-order valence-corrected chi connectivity index (χ1v) is 8.12. The minimum absolute atomic E-state index is 0.166. The van der Waals surface area contributed by atoms with Gasteiger partial charge in [-0.1, -0.05) is 54.6 Å². The lowest BCUT2D eigenvalue weighted by Gasteiger charge is -2.22. The molecule has 5 heteroatoms. The summed E-state index contributed by atoms with van der Waals surface area (Å²) in [6.07, 6.45) is -0.572. The fourth-order valence-corrected chi connectivity index (χ4v) is 2.47. The van der Waals surface area contributed by atoms with Crippen LogP contribution in [0.3, 0.4) is 0 Å². The lowest BCUT2D eigenvalue weighted by atomic mass is 9.95. The van der Waals surface area contributed by atoms with Crippen molar-refractivity contribution in [1.82, 2.24) is 5.32 Å². The second-order valence-corrected chi connectivity index (χ2v) is 6.76. The molecule has 0 bridgehead atoms. The quantitative estimate of drug-likeness (QED) is 0.865. The predicted octanol–water partition coefficient (Wildman–Crippen LogP) is 3.87. The van der Waals surface area contributed by atoms with Crippen LogP contribution >= 0.6 is 0 Å². The minimum atomic E-state index is -1.10. The van der Waals surface area contributed by atoms with Gasteiger partial charge in [0.15, 0.2) is 0 Å². The van der Waals surface area contributed by atoms with Gasteiger partial charge < -0.3 is 15.2 Å². The Balaban J connectivity index is 2.21. The van der Waals surface area contributed by atoms with Gasteiger partial charge in [-0.25, -0.2) is 9.59 Å². The Labute approximate surface area is 147 Å². The zero-order valence-corrected chi connectivity index (χ0v) is 14.7. The molecule has 2 aromatic carbocycles. The van der Waals surface area contributed by atoms with Gasteiger partial charge in [-0.15, -0.1) is 0 Å². The Kier molecular flexibility index (Phi) is 5.80. The van der Waals surface area contributed by atoms with Gasteiger partial charge >= 0.3 is 12.1 Å². The third-order valence-electron chi connectivity index (χ3n) is 3.52. The molecule has 1 amide bonds. The van der Waals surface area contributed by atoms with Crippen molar-refractivity contribution in [2.45, 2.75) is 38.8 Å². The van der Waals surface area contributed by atoms with Crippen molar-refractivity contribution in [3.63, 3.8) is 0 Å². The average Bonchev–Trinajstić information content (AvgIpc) is 2.53. The highest BCUT2D eigenvalue weighted by molar-refractivity contribution is 5.81. The normalized spacial score (nSPS) is 12.3. The van der Waals surface area contributed by atoms with Crippen LogP contribution in [0.2, 0.25) is 0 Å². The smallest absolute Gasteiger partial charge is 0.408 e. The molecule has 0 radical (unpaired) electrons. The molecule has 2 rings (SSSR count). The molecule has 0 aliphatic rings. The van der Waals surface area contributed by atoms with Crippen molar-refractivity contribution in [2.24, 2.45) is 0 Å². The Morgan fingerprint density at radius 3 is 2.24 bits per heavy atom. The van der Waals surface area contributed by atoms with E-state index in [0.717, 1.165) is 16.7 Å². The van der Waals surface area contributed by atoms with Gasteiger partial charge in [-0.2, -0.15) is 0 Å². The molecule has 5 nitrogen and oxygen atoms in total. The molecule has 0 unspecified atom stereocenters. The fourth-order valence-electron chi connectivity index (χ4n) is 2.47. The maximum atomic E-state index is 11.9. The summed E-state index contributed by atoms with van der Waals surface area (Å²) in [5, 5.41) is 11.9. The Bertz CT molecular complexity index is 735. The first-order chi connectivity index (χ1) is 11.8. The van der Waals surface area contributed by atoms with E-state index in [1.807, 2.05) is 54.6 Å². The van der Waals surface area contributed by atoms with Crippen molar-refractivity contribution in [1.29, 1.82) is 0 Å². The number of alkyl carbamates (subject to hydrolysis) is 1. The van der Waals surface area contributed by atoms with Gasteiger partial charge in [-0.05, 0) is 37.5 Å². The van der Waals surface area contributed by atoms with Crippen molar-refractivity contribution in [3.05, 3.63) is 60.2 Å².